The number of hydrogen-bond donors (Lipinski definition) is 1. The SMILES string of the molecule is CCOc1ccc(Cl)c(/C(O)=C2/C(=O)C(=O)N(C3CCN(Cc4ccccc4)CC3)C2c2ccco2)c1. The molecule has 1 unspecified atom stereocenters. The molecule has 5 rings (SSSR count). The Morgan fingerprint density at radius 2 is 1.84 bits per heavy atom. The van der Waals surface area contributed by atoms with Crippen LogP contribution >= 0.6 is 11.6 Å². The van der Waals surface area contributed by atoms with Crippen molar-refractivity contribution in [1.29, 1.82) is 0 Å². The van der Waals surface area contributed by atoms with Gasteiger partial charge in [0.05, 0.1) is 23.5 Å². The number of aliphatic hydroxyl groups is 1. The Balaban J connectivity index is 1.46. The fraction of sp³-hybridized carbons (Fsp3) is 0.310. The van der Waals surface area contributed by atoms with Crippen LogP contribution in [0, 0.1) is 0 Å². The normalized spacial score (nSPS) is 20.5. The Morgan fingerprint density at radius 3 is 2.51 bits per heavy atom. The molecule has 1 amide bonds. The smallest absolute Gasteiger partial charge is 0.296 e. The monoisotopic (exact) mass is 520 g/mol. The van der Waals surface area contributed by atoms with Crippen LogP contribution in [0.1, 0.15) is 42.7 Å². The zero-order chi connectivity index (χ0) is 25.9. The summed E-state index contributed by atoms with van der Waals surface area (Å²) in [5, 5.41) is 11.6. The summed E-state index contributed by atoms with van der Waals surface area (Å²) in [4.78, 5) is 30.7. The standard InChI is InChI=1S/C29H29ClN2O5/c1-2-36-21-10-11-23(30)22(17-21)27(33)25-26(24-9-6-16-37-24)32(29(35)28(25)34)20-12-14-31(15-13-20)18-19-7-4-3-5-8-19/h3-11,16-17,20,26,33H,2,12-15,18H2,1H3/b27-25-. The summed E-state index contributed by atoms with van der Waals surface area (Å²) in [5.41, 5.74) is 1.45. The lowest BCUT2D eigenvalue weighted by Crippen LogP contribution is -2.46. The minimum absolute atomic E-state index is 0.0257. The number of rotatable bonds is 7. The van der Waals surface area contributed by atoms with E-state index in [4.69, 9.17) is 20.8 Å². The lowest BCUT2D eigenvalue weighted by atomic mass is 9.97. The highest BCUT2D eigenvalue weighted by atomic mass is 35.5. The molecule has 1 aromatic heterocycles. The van der Waals surface area contributed by atoms with Crippen molar-refractivity contribution in [3.05, 3.63) is 94.4 Å². The fourth-order valence-electron chi connectivity index (χ4n) is 5.24. The third kappa shape index (κ3) is 5.02. The van der Waals surface area contributed by atoms with Gasteiger partial charge in [-0.1, -0.05) is 41.9 Å². The number of amides is 1. The number of hydrogen-bond acceptors (Lipinski definition) is 6. The molecule has 2 aliphatic rings. The summed E-state index contributed by atoms with van der Waals surface area (Å²) in [7, 11) is 0. The Hall–Kier alpha value is -3.55. The van der Waals surface area contributed by atoms with Gasteiger partial charge >= 0.3 is 0 Å². The van der Waals surface area contributed by atoms with E-state index >= 15 is 0 Å². The number of nitrogens with zero attached hydrogens (tertiary/aromatic N) is 2. The van der Waals surface area contributed by atoms with Gasteiger partial charge in [0.15, 0.2) is 0 Å². The highest BCUT2D eigenvalue weighted by Gasteiger charge is 2.50. The van der Waals surface area contributed by atoms with Gasteiger partial charge in [-0.25, -0.2) is 0 Å². The van der Waals surface area contributed by atoms with Crippen molar-refractivity contribution in [2.24, 2.45) is 0 Å². The maximum absolute atomic E-state index is 13.4. The number of Topliss-reactive ketones (excluding diaryl/α,β-unsaturated/α-hetero) is 1. The minimum Gasteiger partial charge on any atom is -0.507 e. The molecule has 7 nitrogen and oxygen atoms in total. The summed E-state index contributed by atoms with van der Waals surface area (Å²) in [6.07, 6.45) is 2.91. The molecule has 0 radical (unpaired) electrons. The summed E-state index contributed by atoms with van der Waals surface area (Å²) >= 11 is 6.41. The number of ketones is 1. The second kappa shape index (κ2) is 10.8. The number of aliphatic hydroxyl groups excluding tert-OH is 1. The molecule has 1 atom stereocenters. The number of halogens is 1. The van der Waals surface area contributed by atoms with E-state index in [2.05, 4.69) is 17.0 Å². The van der Waals surface area contributed by atoms with Crippen LogP contribution in [0.4, 0.5) is 0 Å². The van der Waals surface area contributed by atoms with Gasteiger partial charge in [-0.2, -0.15) is 0 Å². The Kier molecular flexibility index (Phi) is 7.35. The Labute approximate surface area is 220 Å². The summed E-state index contributed by atoms with van der Waals surface area (Å²) < 4.78 is 11.2. The molecule has 192 valence electrons. The van der Waals surface area contributed by atoms with Crippen LogP contribution in [0.3, 0.4) is 0 Å². The molecule has 2 fully saturated rings. The van der Waals surface area contributed by atoms with Gasteiger partial charge in [0.25, 0.3) is 11.7 Å². The molecule has 2 saturated heterocycles. The second-order valence-electron chi connectivity index (χ2n) is 9.29. The molecule has 0 aliphatic carbocycles. The highest BCUT2D eigenvalue weighted by molar-refractivity contribution is 6.47. The van der Waals surface area contributed by atoms with Crippen molar-refractivity contribution >= 4 is 29.1 Å². The molecule has 3 aromatic rings. The molecule has 8 heteroatoms. The molecular formula is C29H29ClN2O5. The number of carbonyl (C=O) groups excluding carboxylic acids is 2. The first-order valence-corrected chi connectivity index (χ1v) is 12.9. The molecule has 0 bridgehead atoms. The minimum atomic E-state index is -0.840. The van der Waals surface area contributed by atoms with E-state index in [0.29, 0.717) is 31.0 Å². The highest BCUT2D eigenvalue weighted by Crippen LogP contribution is 2.43. The van der Waals surface area contributed by atoms with Crippen LogP contribution in [0.2, 0.25) is 5.02 Å². The first-order valence-electron chi connectivity index (χ1n) is 12.5. The van der Waals surface area contributed by atoms with Crippen LogP contribution in [0.15, 0.2) is 76.9 Å². The average molecular weight is 521 g/mol. The quantitative estimate of drug-likeness (QED) is 0.254. The third-order valence-electron chi connectivity index (χ3n) is 7.00. The average Bonchev–Trinajstić information content (AvgIpc) is 3.53. The van der Waals surface area contributed by atoms with E-state index in [1.54, 1.807) is 35.2 Å². The molecule has 2 aromatic carbocycles. The van der Waals surface area contributed by atoms with Gasteiger partial charge in [0, 0.05) is 31.2 Å². The molecule has 0 spiro atoms. The van der Waals surface area contributed by atoms with E-state index in [0.717, 1.165) is 19.6 Å². The second-order valence-corrected chi connectivity index (χ2v) is 9.70. The number of furan rings is 1. The van der Waals surface area contributed by atoms with Gasteiger partial charge in [-0.15, -0.1) is 0 Å². The van der Waals surface area contributed by atoms with E-state index in [1.165, 1.54) is 11.8 Å². The number of ether oxygens (including phenoxy) is 1. The predicted octanol–water partition coefficient (Wildman–Crippen LogP) is 5.42. The molecule has 0 saturated carbocycles. The lowest BCUT2D eigenvalue weighted by molar-refractivity contribution is -0.142. The van der Waals surface area contributed by atoms with Crippen LogP contribution < -0.4 is 4.74 Å². The number of carbonyl (C=O) groups is 2. The topological polar surface area (TPSA) is 83.2 Å². The maximum atomic E-state index is 13.4. The van der Waals surface area contributed by atoms with Crippen molar-refractivity contribution in [2.75, 3.05) is 19.7 Å². The summed E-state index contributed by atoms with van der Waals surface area (Å²) in [6.45, 7) is 4.69. The van der Waals surface area contributed by atoms with Crippen LogP contribution in [0.5, 0.6) is 5.75 Å². The zero-order valence-electron chi connectivity index (χ0n) is 20.6. The van der Waals surface area contributed by atoms with E-state index < -0.39 is 17.7 Å². The number of piperidine rings is 1. The van der Waals surface area contributed by atoms with Crippen molar-refractivity contribution in [2.45, 2.75) is 38.4 Å². The van der Waals surface area contributed by atoms with Crippen LogP contribution in [0.25, 0.3) is 5.76 Å². The van der Waals surface area contributed by atoms with Gasteiger partial charge in [0.2, 0.25) is 0 Å². The first-order chi connectivity index (χ1) is 18.0. The number of likely N-dealkylation sites (tertiary alicyclic amines) is 2. The van der Waals surface area contributed by atoms with E-state index in [1.807, 2.05) is 25.1 Å². The Morgan fingerprint density at radius 1 is 1.08 bits per heavy atom. The largest absolute Gasteiger partial charge is 0.507 e. The van der Waals surface area contributed by atoms with E-state index in [9.17, 15) is 14.7 Å². The zero-order valence-corrected chi connectivity index (χ0v) is 21.4. The van der Waals surface area contributed by atoms with Crippen LogP contribution in [-0.2, 0) is 16.1 Å². The molecule has 3 heterocycles. The molecule has 1 N–H and O–H groups in total. The lowest BCUT2D eigenvalue weighted by Gasteiger charge is -2.38. The van der Waals surface area contributed by atoms with Gasteiger partial charge in [-0.3, -0.25) is 14.5 Å². The summed E-state index contributed by atoms with van der Waals surface area (Å²) in [5.74, 6) is -0.798. The van der Waals surface area contributed by atoms with Crippen molar-refractivity contribution in [3.63, 3.8) is 0 Å². The third-order valence-corrected chi connectivity index (χ3v) is 7.33. The van der Waals surface area contributed by atoms with Crippen molar-refractivity contribution in [1.82, 2.24) is 9.80 Å². The fourth-order valence-corrected chi connectivity index (χ4v) is 5.44. The van der Waals surface area contributed by atoms with Gasteiger partial charge in [-0.05, 0) is 55.7 Å². The number of benzene rings is 2. The molecule has 2 aliphatic heterocycles. The van der Waals surface area contributed by atoms with Gasteiger partial charge < -0.3 is 19.2 Å². The Bertz CT molecular complexity index is 1300. The first kappa shape index (κ1) is 25.1. The van der Waals surface area contributed by atoms with Crippen molar-refractivity contribution < 1.29 is 23.8 Å². The van der Waals surface area contributed by atoms with Crippen LogP contribution in [-0.4, -0.2) is 52.3 Å². The van der Waals surface area contributed by atoms with Crippen molar-refractivity contribution in [3.8, 4) is 5.75 Å². The summed E-state index contributed by atoms with van der Waals surface area (Å²) in [6, 6.07) is 17.6. The van der Waals surface area contributed by atoms with E-state index in [-0.39, 0.29) is 28.0 Å². The predicted molar refractivity (Wildman–Crippen MR) is 140 cm³/mol. The molecular weight excluding hydrogens is 492 g/mol. The van der Waals surface area contributed by atoms with Gasteiger partial charge in [0.1, 0.15) is 23.3 Å². The molecule has 37 heavy (non-hydrogen) atoms. The maximum Gasteiger partial charge on any atom is 0.296 e.